The third kappa shape index (κ3) is 4.02. The van der Waals surface area contributed by atoms with E-state index in [1.807, 2.05) is 26.0 Å². The molecule has 0 spiro atoms. The van der Waals surface area contributed by atoms with E-state index in [0.717, 1.165) is 17.7 Å². The van der Waals surface area contributed by atoms with Crippen LogP contribution < -0.4 is 23.7 Å². The lowest BCUT2D eigenvalue weighted by Gasteiger charge is -2.16. The van der Waals surface area contributed by atoms with E-state index >= 15 is 0 Å². The third-order valence-electron chi connectivity index (χ3n) is 4.48. The average molecular weight is 407 g/mol. The fraction of sp³-hybridized carbons (Fsp3) is 0.400. The van der Waals surface area contributed by atoms with Crippen LogP contribution in [0.25, 0.3) is 0 Å². The maximum atomic E-state index is 13.0. The maximum Gasteiger partial charge on any atom is 0.248 e. The van der Waals surface area contributed by atoms with Gasteiger partial charge in [-0.25, -0.2) is 13.1 Å². The van der Waals surface area contributed by atoms with Gasteiger partial charge in [0.2, 0.25) is 10.0 Å². The van der Waals surface area contributed by atoms with Crippen LogP contribution in [0.15, 0.2) is 35.2 Å². The van der Waals surface area contributed by atoms with E-state index in [1.165, 1.54) is 14.2 Å². The smallest absolute Gasteiger partial charge is 0.248 e. The van der Waals surface area contributed by atoms with Crippen molar-refractivity contribution in [3.05, 3.63) is 41.5 Å². The summed E-state index contributed by atoms with van der Waals surface area (Å²) in [7, 11) is -1.06. The van der Waals surface area contributed by atoms with Gasteiger partial charge in [-0.15, -0.1) is 0 Å². The molecule has 8 heteroatoms. The second kappa shape index (κ2) is 8.28. The van der Waals surface area contributed by atoms with E-state index in [2.05, 4.69) is 4.72 Å². The van der Waals surface area contributed by atoms with E-state index in [1.54, 1.807) is 18.2 Å². The topological polar surface area (TPSA) is 83.1 Å². The van der Waals surface area contributed by atoms with Gasteiger partial charge in [0.05, 0.1) is 20.8 Å². The van der Waals surface area contributed by atoms with Gasteiger partial charge in [-0.3, -0.25) is 0 Å². The monoisotopic (exact) mass is 407 g/mol. The molecule has 0 saturated heterocycles. The minimum atomic E-state index is -3.90. The Bertz CT molecular complexity index is 935. The number of benzene rings is 2. The van der Waals surface area contributed by atoms with Crippen molar-refractivity contribution in [2.24, 2.45) is 0 Å². The summed E-state index contributed by atoms with van der Waals surface area (Å²) in [6, 6.07) is 8.59. The van der Waals surface area contributed by atoms with E-state index in [-0.39, 0.29) is 29.0 Å². The molecule has 0 saturated carbocycles. The maximum absolute atomic E-state index is 13.0. The summed E-state index contributed by atoms with van der Waals surface area (Å²) in [4.78, 5) is -0.0380. The number of ether oxygens (including phenoxy) is 4. The Morgan fingerprint density at radius 2 is 1.82 bits per heavy atom. The van der Waals surface area contributed by atoms with Crippen molar-refractivity contribution < 1.29 is 27.4 Å². The van der Waals surface area contributed by atoms with E-state index in [4.69, 9.17) is 18.9 Å². The van der Waals surface area contributed by atoms with Crippen molar-refractivity contribution in [1.82, 2.24) is 4.72 Å². The van der Waals surface area contributed by atoms with Crippen LogP contribution in [0.4, 0.5) is 0 Å². The first-order valence-electron chi connectivity index (χ1n) is 9.05. The molecule has 0 aliphatic carbocycles. The molecule has 0 fully saturated rings. The summed E-state index contributed by atoms with van der Waals surface area (Å²) >= 11 is 0. The van der Waals surface area contributed by atoms with Crippen LogP contribution >= 0.6 is 0 Å². The van der Waals surface area contributed by atoms with Crippen LogP contribution in [-0.4, -0.2) is 35.3 Å². The molecule has 0 aromatic heterocycles. The molecule has 1 unspecified atom stereocenters. The Kier molecular flexibility index (Phi) is 6.00. The molecular formula is C20H25NO6S. The fourth-order valence-corrected chi connectivity index (χ4v) is 4.56. The van der Waals surface area contributed by atoms with Crippen LogP contribution in [0.2, 0.25) is 0 Å². The van der Waals surface area contributed by atoms with E-state index in [0.29, 0.717) is 17.9 Å². The first-order valence-corrected chi connectivity index (χ1v) is 10.5. The molecule has 3 rings (SSSR count). The number of sulfonamides is 1. The van der Waals surface area contributed by atoms with Gasteiger partial charge in [0.1, 0.15) is 29.1 Å². The Hall–Kier alpha value is -2.45. The summed E-state index contributed by atoms with van der Waals surface area (Å²) in [6.07, 6.45) is 0.897. The molecule has 2 aromatic rings. The SMILES string of the molecule is CCOc1cc2c(cc1CNS(=O)(=O)c1c(OC)cccc1OC)OC(C)C2. The lowest BCUT2D eigenvalue weighted by molar-refractivity contribution is 0.254. The summed E-state index contributed by atoms with van der Waals surface area (Å²) < 4.78 is 50.5. The van der Waals surface area contributed by atoms with Crippen molar-refractivity contribution >= 4 is 10.0 Å². The fourth-order valence-electron chi connectivity index (χ4n) is 3.24. The first kappa shape index (κ1) is 20.3. The minimum absolute atomic E-state index is 0.0380. The van der Waals surface area contributed by atoms with Gasteiger partial charge < -0.3 is 18.9 Å². The molecule has 7 nitrogen and oxygen atoms in total. The molecule has 28 heavy (non-hydrogen) atoms. The third-order valence-corrected chi connectivity index (χ3v) is 5.95. The van der Waals surface area contributed by atoms with Gasteiger partial charge in [0.25, 0.3) is 0 Å². The van der Waals surface area contributed by atoms with Crippen molar-refractivity contribution in [1.29, 1.82) is 0 Å². The van der Waals surface area contributed by atoms with Crippen LogP contribution in [0.3, 0.4) is 0 Å². The van der Waals surface area contributed by atoms with Crippen molar-refractivity contribution in [2.45, 2.75) is 37.8 Å². The number of hydrogen-bond donors (Lipinski definition) is 1. The summed E-state index contributed by atoms with van der Waals surface area (Å²) in [5.74, 6) is 1.83. The van der Waals surface area contributed by atoms with Crippen LogP contribution in [0.5, 0.6) is 23.0 Å². The Labute approximate surface area is 165 Å². The van der Waals surface area contributed by atoms with E-state index < -0.39 is 10.0 Å². The van der Waals surface area contributed by atoms with Crippen molar-refractivity contribution in [3.8, 4) is 23.0 Å². The summed E-state index contributed by atoms with van der Waals surface area (Å²) in [5.41, 5.74) is 1.76. The average Bonchev–Trinajstić information content (AvgIpc) is 3.04. The Balaban J connectivity index is 1.91. The number of hydrogen-bond acceptors (Lipinski definition) is 6. The molecule has 1 aliphatic rings. The molecule has 2 aromatic carbocycles. The minimum Gasteiger partial charge on any atom is -0.495 e. The molecule has 1 heterocycles. The number of nitrogens with one attached hydrogen (secondary N) is 1. The number of rotatable bonds is 8. The Morgan fingerprint density at radius 3 is 2.43 bits per heavy atom. The lowest BCUT2D eigenvalue weighted by Crippen LogP contribution is -2.24. The van der Waals surface area contributed by atoms with Gasteiger partial charge >= 0.3 is 0 Å². The second-order valence-corrected chi connectivity index (χ2v) is 8.15. The molecule has 0 bridgehead atoms. The number of fused-ring (bicyclic) bond motifs is 1. The standard InChI is InChI=1S/C20H25NO6S/c1-5-26-18-10-14-9-13(2)27-19(14)11-15(18)12-21-28(22,23)20-16(24-3)7-6-8-17(20)25-4/h6-8,10-11,13,21H,5,9,12H2,1-4H3. The zero-order valence-corrected chi connectivity index (χ0v) is 17.3. The number of methoxy groups -OCH3 is 2. The zero-order chi connectivity index (χ0) is 20.3. The highest BCUT2D eigenvalue weighted by molar-refractivity contribution is 7.89. The molecular weight excluding hydrogens is 382 g/mol. The molecule has 1 N–H and O–H groups in total. The highest BCUT2D eigenvalue weighted by Gasteiger charge is 2.26. The predicted octanol–water partition coefficient (Wildman–Crippen LogP) is 2.90. The largest absolute Gasteiger partial charge is 0.495 e. The Morgan fingerprint density at radius 1 is 1.14 bits per heavy atom. The highest BCUT2D eigenvalue weighted by atomic mass is 32.2. The molecule has 1 aliphatic heterocycles. The predicted molar refractivity (Wildman–Crippen MR) is 105 cm³/mol. The molecule has 0 amide bonds. The van der Waals surface area contributed by atoms with Crippen LogP contribution in [0, 0.1) is 0 Å². The summed E-state index contributed by atoms with van der Waals surface area (Å²) in [6.45, 7) is 4.41. The normalized spacial score (nSPS) is 15.6. The first-order chi connectivity index (χ1) is 13.4. The summed E-state index contributed by atoms with van der Waals surface area (Å²) in [5, 5.41) is 0. The van der Waals surface area contributed by atoms with Gasteiger partial charge in [-0.05, 0) is 38.1 Å². The molecule has 0 radical (unpaired) electrons. The quantitative estimate of drug-likeness (QED) is 0.725. The molecule has 1 atom stereocenters. The zero-order valence-electron chi connectivity index (χ0n) is 16.4. The van der Waals surface area contributed by atoms with Crippen molar-refractivity contribution in [3.63, 3.8) is 0 Å². The highest BCUT2D eigenvalue weighted by Crippen LogP contribution is 2.36. The van der Waals surface area contributed by atoms with Crippen molar-refractivity contribution in [2.75, 3.05) is 20.8 Å². The van der Waals surface area contributed by atoms with Gasteiger partial charge in [0, 0.05) is 24.1 Å². The second-order valence-electron chi connectivity index (χ2n) is 6.45. The van der Waals surface area contributed by atoms with E-state index in [9.17, 15) is 8.42 Å². The van der Waals surface area contributed by atoms with Gasteiger partial charge in [-0.1, -0.05) is 6.07 Å². The van der Waals surface area contributed by atoms with Gasteiger partial charge in [-0.2, -0.15) is 0 Å². The molecule has 152 valence electrons. The van der Waals surface area contributed by atoms with Crippen LogP contribution in [0.1, 0.15) is 25.0 Å². The lowest BCUT2D eigenvalue weighted by atomic mass is 10.1. The van der Waals surface area contributed by atoms with Gasteiger partial charge in [0.15, 0.2) is 4.90 Å². The van der Waals surface area contributed by atoms with Crippen LogP contribution in [-0.2, 0) is 23.0 Å².